The van der Waals surface area contributed by atoms with Gasteiger partial charge >= 0.3 is 0 Å². The van der Waals surface area contributed by atoms with E-state index in [-0.39, 0.29) is 10.6 Å². The van der Waals surface area contributed by atoms with Crippen LogP contribution in [0.25, 0.3) is 6.08 Å². The van der Waals surface area contributed by atoms with Crippen molar-refractivity contribution in [1.29, 1.82) is 0 Å². The van der Waals surface area contributed by atoms with E-state index >= 15 is 0 Å². The minimum atomic E-state index is -0.592. The van der Waals surface area contributed by atoms with E-state index in [0.717, 1.165) is 0 Å². The number of hydrogen-bond acceptors (Lipinski definition) is 3. The number of methoxy groups -OCH3 is 1. The Labute approximate surface area is 153 Å². The number of carbonyl (C=O) groups excluding carboxylic acids is 2. The molecule has 0 aliphatic rings. The number of hydrazine groups is 1. The summed E-state index contributed by atoms with van der Waals surface area (Å²) >= 11 is 11.5. The van der Waals surface area contributed by atoms with Crippen molar-refractivity contribution >= 4 is 41.1 Å². The van der Waals surface area contributed by atoms with E-state index in [0.29, 0.717) is 16.3 Å². The Hall–Kier alpha value is -2.57. The highest BCUT2D eigenvalue weighted by atomic mass is 35.5. The first-order chi connectivity index (χ1) is 11.9. The third-order valence-corrected chi connectivity index (χ3v) is 3.60. The molecule has 0 unspecified atom stereocenters. The molecular weight excluding hydrogens is 370 g/mol. The normalized spacial score (nSPS) is 10.6. The van der Waals surface area contributed by atoms with Crippen molar-refractivity contribution in [2.45, 2.75) is 0 Å². The summed E-state index contributed by atoms with van der Waals surface area (Å²) in [6.07, 6.45) is 2.59. The van der Waals surface area contributed by atoms with Crippen molar-refractivity contribution in [1.82, 2.24) is 10.9 Å². The molecule has 130 valence electrons. The molecule has 0 bridgehead atoms. The van der Waals surface area contributed by atoms with Crippen molar-refractivity contribution in [3.8, 4) is 5.75 Å². The zero-order valence-electron chi connectivity index (χ0n) is 13.0. The first kappa shape index (κ1) is 18.8. The largest absolute Gasteiger partial charge is 0.496 e. The highest BCUT2D eigenvalue weighted by Gasteiger charge is 2.13. The second-order valence-corrected chi connectivity index (χ2v) is 5.64. The smallest absolute Gasteiger partial charge is 0.273 e. The topological polar surface area (TPSA) is 67.4 Å². The average molecular weight is 383 g/mol. The van der Waals surface area contributed by atoms with Gasteiger partial charge in [0.2, 0.25) is 0 Å². The highest BCUT2D eigenvalue weighted by Crippen LogP contribution is 2.22. The number of hydrogen-bond donors (Lipinski definition) is 2. The number of halogens is 3. The molecule has 0 heterocycles. The van der Waals surface area contributed by atoms with Gasteiger partial charge in [-0.15, -0.1) is 0 Å². The summed E-state index contributed by atoms with van der Waals surface area (Å²) in [6, 6.07) is 8.55. The molecule has 2 aromatic rings. The summed E-state index contributed by atoms with van der Waals surface area (Å²) in [5.41, 5.74) is 5.16. The van der Waals surface area contributed by atoms with Crippen molar-refractivity contribution in [2.75, 3.05) is 7.11 Å². The summed E-state index contributed by atoms with van der Waals surface area (Å²) in [6.45, 7) is 0. The Morgan fingerprint density at radius 2 is 1.88 bits per heavy atom. The van der Waals surface area contributed by atoms with Gasteiger partial charge < -0.3 is 4.74 Å². The maximum atomic E-state index is 13.1. The van der Waals surface area contributed by atoms with Gasteiger partial charge in [-0.05, 0) is 42.0 Å². The SMILES string of the molecule is COc1ccc(Cl)cc1C(=O)NNC(=O)/C=C/c1ccc(F)c(Cl)c1. The van der Waals surface area contributed by atoms with Crippen LogP contribution in [0.3, 0.4) is 0 Å². The van der Waals surface area contributed by atoms with E-state index in [1.165, 1.54) is 49.6 Å². The lowest BCUT2D eigenvalue weighted by Gasteiger charge is -2.09. The van der Waals surface area contributed by atoms with E-state index < -0.39 is 17.6 Å². The number of rotatable bonds is 4. The molecule has 2 N–H and O–H groups in total. The van der Waals surface area contributed by atoms with Gasteiger partial charge in [0.25, 0.3) is 11.8 Å². The summed E-state index contributed by atoms with van der Waals surface area (Å²) in [5, 5.41) is 0.300. The van der Waals surface area contributed by atoms with Gasteiger partial charge in [0.15, 0.2) is 0 Å². The highest BCUT2D eigenvalue weighted by molar-refractivity contribution is 6.31. The van der Waals surface area contributed by atoms with E-state index in [1.807, 2.05) is 0 Å². The van der Waals surface area contributed by atoms with Gasteiger partial charge in [0.05, 0.1) is 17.7 Å². The number of benzene rings is 2. The molecule has 2 aromatic carbocycles. The molecule has 0 fully saturated rings. The first-order valence-electron chi connectivity index (χ1n) is 6.97. The minimum absolute atomic E-state index is 0.0519. The van der Waals surface area contributed by atoms with Crippen molar-refractivity contribution in [3.05, 3.63) is 69.5 Å². The van der Waals surface area contributed by atoms with Gasteiger partial charge in [-0.3, -0.25) is 20.4 Å². The van der Waals surface area contributed by atoms with Gasteiger partial charge in [0, 0.05) is 11.1 Å². The van der Waals surface area contributed by atoms with Gasteiger partial charge in [-0.1, -0.05) is 29.3 Å². The molecule has 2 amide bonds. The quantitative estimate of drug-likeness (QED) is 0.626. The fraction of sp³-hybridized carbons (Fsp3) is 0.0588. The Kier molecular flexibility index (Phi) is 6.38. The lowest BCUT2D eigenvalue weighted by Crippen LogP contribution is -2.40. The number of nitrogens with one attached hydrogen (secondary N) is 2. The standard InChI is InChI=1S/C17H13Cl2FN2O3/c1-25-15-6-4-11(18)9-12(15)17(24)22-21-16(23)7-3-10-2-5-14(20)13(19)8-10/h2-9H,1H3,(H,21,23)(H,22,24)/b7-3+. The summed E-state index contributed by atoms with van der Waals surface area (Å²) in [4.78, 5) is 23.8. The summed E-state index contributed by atoms with van der Waals surface area (Å²) in [5.74, 6) is -1.42. The molecule has 0 saturated carbocycles. The van der Waals surface area contributed by atoms with Gasteiger partial charge in [0.1, 0.15) is 11.6 Å². The lowest BCUT2D eigenvalue weighted by atomic mass is 10.2. The van der Waals surface area contributed by atoms with Crippen molar-refractivity contribution in [2.24, 2.45) is 0 Å². The van der Waals surface area contributed by atoms with Crippen LogP contribution in [0.4, 0.5) is 4.39 Å². The third-order valence-electron chi connectivity index (χ3n) is 3.08. The molecule has 8 heteroatoms. The van der Waals surface area contributed by atoms with Crippen molar-refractivity contribution in [3.63, 3.8) is 0 Å². The van der Waals surface area contributed by atoms with Crippen LogP contribution in [0.1, 0.15) is 15.9 Å². The van der Waals surface area contributed by atoms with E-state index in [1.54, 1.807) is 6.07 Å². The third kappa shape index (κ3) is 5.20. The molecule has 0 aliphatic heterocycles. The fourth-order valence-corrected chi connectivity index (χ4v) is 2.23. The molecular formula is C17H13Cl2FN2O3. The Bertz CT molecular complexity index is 841. The molecule has 0 saturated heterocycles. The number of ether oxygens (including phenoxy) is 1. The van der Waals surface area contributed by atoms with Crippen LogP contribution in [-0.4, -0.2) is 18.9 Å². The predicted molar refractivity (Wildman–Crippen MR) is 94.1 cm³/mol. The van der Waals surface area contributed by atoms with Crippen LogP contribution in [0.2, 0.25) is 10.0 Å². The molecule has 5 nitrogen and oxygen atoms in total. The van der Waals surface area contributed by atoms with Crippen LogP contribution in [-0.2, 0) is 4.79 Å². The molecule has 0 radical (unpaired) electrons. The maximum Gasteiger partial charge on any atom is 0.273 e. The molecule has 2 rings (SSSR count). The molecule has 25 heavy (non-hydrogen) atoms. The lowest BCUT2D eigenvalue weighted by molar-refractivity contribution is -0.117. The molecule has 0 spiro atoms. The number of amides is 2. The van der Waals surface area contributed by atoms with Crippen LogP contribution >= 0.6 is 23.2 Å². The second-order valence-electron chi connectivity index (χ2n) is 4.79. The number of carbonyl (C=O) groups is 2. The summed E-state index contributed by atoms with van der Waals surface area (Å²) < 4.78 is 18.1. The Morgan fingerprint density at radius 1 is 1.12 bits per heavy atom. The van der Waals surface area contributed by atoms with E-state index in [2.05, 4.69) is 10.9 Å². The first-order valence-corrected chi connectivity index (χ1v) is 7.73. The van der Waals surface area contributed by atoms with E-state index in [4.69, 9.17) is 27.9 Å². The average Bonchev–Trinajstić information content (AvgIpc) is 2.60. The Balaban J connectivity index is 1.97. The minimum Gasteiger partial charge on any atom is -0.496 e. The van der Waals surface area contributed by atoms with Gasteiger partial charge in [-0.2, -0.15) is 0 Å². The molecule has 0 aliphatic carbocycles. The zero-order chi connectivity index (χ0) is 18.4. The molecule has 0 aromatic heterocycles. The Morgan fingerprint density at radius 3 is 2.56 bits per heavy atom. The van der Waals surface area contributed by atoms with E-state index in [9.17, 15) is 14.0 Å². The van der Waals surface area contributed by atoms with Crippen LogP contribution in [0, 0.1) is 5.82 Å². The van der Waals surface area contributed by atoms with Gasteiger partial charge in [-0.25, -0.2) is 4.39 Å². The summed E-state index contributed by atoms with van der Waals surface area (Å²) in [7, 11) is 1.41. The molecule has 0 atom stereocenters. The van der Waals surface area contributed by atoms with Crippen LogP contribution in [0.15, 0.2) is 42.5 Å². The predicted octanol–water partition coefficient (Wildman–Crippen LogP) is 3.62. The monoisotopic (exact) mass is 382 g/mol. The van der Waals surface area contributed by atoms with Crippen LogP contribution in [0.5, 0.6) is 5.75 Å². The van der Waals surface area contributed by atoms with Crippen LogP contribution < -0.4 is 15.6 Å². The maximum absolute atomic E-state index is 13.1. The second kappa shape index (κ2) is 8.50. The zero-order valence-corrected chi connectivity index (χ0v) is 14.5. The fourth-order valence-electron chi connectivity index (χ4n) is 1.87. The van der Waals surface area contributed by atoms with Crippen molar-refractivity contribution < 1.29 is 18.7 Å².